The van der Waals surface area contributed by atoms with Gasteiger partial charge in [-0.1, -0.05) is 12.1 Å². The third-order valence-corrected chi connectivity index (χ3v) is 6.26. The second-order valence-electron chi connectivity index (χ2n) is 7.06. The molecule has 4 rings (SSSR count). The molecule has 2 heterocycles. The lowest BCUT2D eigenvalue weighted by atomic mass is 10.1. The minimum Gasteiger partial charge on any atom is -0.484 e. The highest BCUT2D eigenvalue weighted by Crippen LogP contribution is 2.27. The number of thiophene rings is 1. The summed E-state index contributed by atoms with van der Waals surface area (Å²) >= 11 is 1.73. The molecular weight excluding hydrogens is 360 g/mol. The fourth-order valence-electron chi connectivity index (χ4n) is 3.83. The van der Waals surface area contributed by atoms with Gasteiger partial charge in [-0.15, -0.1) is 11.3 Å². The fraction of sp³-hybridized carbons (Fsp3) is 0.476. The number of ether oxygens (including phenoxy) is 2. The van der Waals surface area contributed by atoms with Crippen LogP contribution in [0.25, 0.3) is 0 Å². The maximum atomic E-state index is 12.3. The smallest absolute Gasteiger partial charge is 0.258 e. The van der Waals surface area contributed by atoms with Crippen LogP contribution >= 0.6 is 11.3 Å². The van der Waals surface area contributed by atoms with E-state index in [0.717, 1.165) is 44.9 Å². The third kappa shape index (κ3) is 4.69. The quantitative estimate of drug-likeness (QED) is 0.795. The van der Waals surface area contributed by atoms with Crippen LogP contribution in [0.1, 0.15) is 28.5 Å². The van der Waals surface area contributed by atoms with E-state index in [2.05, 4.69) is 39.9 Å². The van der Waals surface area contributed by atoms with Crippen LogP contribution in [0.2, 0.25) is 0 Å². The Morgan fingerprint density at radius 1 is 1.22 bits per heavy atom. The highest BCUT2D eigenvalue weighted by atomic mass is 32.1. The Morgan fingerprint density at radius 2 is 2.07 bits per heavy atom. The van der Waals surface area contributed by atoms with Gasteiger partial charge in [0.15, 0.2) is 6.61 Å². The van der Waals surface area contributed by atoms with Crippen LogP contribution < -0.4 is 10.1 Å². The van der Waals surface area contributed by atoms with Crippen LogP contribution in [0.5, 0.6) is 5.75 Å². The fourth-order valence-corrected chi connectivity index (χ4v) is 4.69. The highest BCUT2D eigenvalue weighted by Gasteiger charge is 2.24. The van der Waals surface area contributed by atoms with Gasteiger partial charge in [-0.3, -0.25) is 9.69 Å². The molecule has 1 fully saturated rings. The first-order valence-corrected chi connectivity index (χ1v) is 10.5. The minimum absolute atomic E-state index is 0.0546. The van der Waals surface area contributed by atoms with Crippen molar-refractivity contribution in [1.29, 1.82) is 0 Å². The van der Waals surface area contributed by atoms with Crippen molar-refractivity contribution in [2.45, 2.75) is 25.3 Å². The van der Waals surface area contributed by atoms with Crippen molar-refractivity contribution in [3.8, 4) is 5.75 Å². The van der Waals surface area contributed by atoms with Gasteiger partial charge in [-0.2, -0.15) is 0 Å². The molecule has 0 saturated carbocycles. The highest BCUT2D eigenvalue weighted by molar-refractivity contribution is 7.10. The molecule has 1 aromatic carbocycles. The van der Waals surface area contributed by atoms with Crippen molar-refractivity contribution in [1.82, 2.24) is 10.2 Å². The van der Waals surface area contributed by atoms with Gasteiger partial charge in [0.2, 0.25) is 0 Å². The Labute approximate surface area is 164 Å². The number of nitrogens with zero attached hydrogens (tertiary/aromatic N) is 1. The molecule has 0 radical (unpaired) electrons. The van der Waals surface area contributed by atoms with Crippen LogP contribution in [0.4, 0.5) is 0 Å². The molecule has 0 spiro atoms. The first-order valence-electron chi connectivity index (χ1n) is 9.66. The lowest BCUT2D eigenvalue weighted by molar-refractivity contribution is -0.123. The van der Waals surface area contributed by atoms with Gasteiger partial charge in [-0.05, 0) is 54.0 Å². The Kier molecular flexibility index (Phi) is 6.07. The van der Waals surface area contributed by atoms with E-state index in [1.165, 1.54) is 22.4 Å². The number of aryl methyl sites for hydroxylation is 2. The summed E-state index contributed by atoms with van der Waals surface area (Å²) < 4.78 is 11.2. The average molecular weight is 387 g/mol. The second-order valence-corrected chi connectivity index (χ2v) is 8.04. The van der Waals surface area contributed by atoms with Crippen molar-refractivity contribution in [3.63, 3.8) is 0 Å². The van der Waals surface area contributed by atoms with Gasteiger partial charge >= 0.3 is 0 Å². The molecule has 144 valence electrons. The molecule has 0 bridgehead atoms. The maximum absolute atomic E-state index is 12.3. The molecule has 1 atom stereocenters. The lowest BCUT2D eigenvalue weighted by Gasteiger charge is -2.34. The van der Waals surface area contributed by atoms with E-state index < -0.39 is 0 Å². The van der Waals surface area contributed by atoms with Crippen molar-refractivity contribution >= 4 is 17.2 Å². The summed E-state index contributed by atoms with van der Waals surface area (Å²) in [6, 6.07) is 10.6. The number of carbonyl (C=O) groups is 1. The molecular formula is C21H26N2O3S. The lowest BCUT2D eigenvalue weighted by Crippen LogP contribution is -2.44. The molecule has 2 aromatic rings. The first-order chi connectivity index (χ1) is 13.3. The van der Waals surface area contributed by atoms with Crippen LogP contribution in [0, 0.1) is 0 Å². The minimum atomic E-state index is -0.0784. The summed E-state index contributed by atoms with van der Waals surface area (Å²) in [4.78, 5) is 16.0. The summed E-state index contributed by atoms with van der Waals surface area (Å²) in [5.74, 6) is 0.708. The van der Waals surface area contributed by atoms with E-state index in [9.17, 15) is 4.79 Å². The van der Waals surface area contributed by atoms with Crippen LogP contribution in [0.15, 0.2) is 35.7 Å². The molecule has 6 heteroatoms. The van der Waals surface area contributed by atoms with E-state index in [1.54, 1.807) is 11.3 Å². The van der Waals surface area contributed by atoms with Crippen molar-refractivity contribution in [2.75, 3.05) is 39.5 Å². The number of nitrogens with one attached hydrogen (secondary N) is 1. The van der Waals surface area contributed by atoms with Crippen LogP contribution in [-0.4, -0.2) is 50.3 Å². The Bertz CT molecular complexity index is 757. The van der Waals surface area contributed by atoms with E-state index in [0.29, 0.717) is 6.54 Å². The number of hydrogen-bond donors (Lipinski definition) is 1. The molecule has 1 aliphatic heterocycles. The normalized spacial score (nSPS) is 18.1. The van der Waals surface area contributed by atoms with Gasteiger partial charge in [0.25, 0.3) is 5.91 Å². The topological polar surface area (TPSA) is 50.8 Å². The molecule has 1 N–H and O–H groups in total. The van der Waals surface area contributed by atoms with Gasteiger partial charge < -0.3 is 14.8 Å². The number of carbonyl (C=O) groups excluding carboxylic acids is 1. The number of fused-ring (bicyclic) bond motifs is 1. The zero-order valence-electron chi connectivity index (χ0n) is 15.5. The Morgan fingerprint density at radius 3 is 2.89 bits per heavy atom. The Balaban J connectivity index is 1.30. The summed E-state index contributed by atoms with van der Waals surface area (Å²) in [7, 11) is 0. The molecule has 0 unspecified atom stereocenters. The molecule has 1 aromatic heterocycles. The van der Waals surface area contributed by atoms with Gasteiger partial charge in [0.05, 0.1) is 19.3 Å². The summed E-state index contributed by atoms with van der Waals surface area (Å²) in [5, 5.41) is 5.14. The summed E-state index contributed by atoms with van der Waals surface area (Å²) in [6.07, 6.45) is 3.48. The zero-order valence-corrected chi connectivity index (χ0v) is 16.3. The molecule has 1 aliphatic carbocycles. The maximum Gasteiger partial charge on any atom is 0.258 e. The number of benzene rings is 1. The predicted molar refractivity (Wildman–Crippen MR) is 106 cm³/mol. The van der Waals surface area contributed by atoms with Gasteiger partial charge in [0, 0.05) is 24.5 Å². The van der Waals surface area contributed by atoms with E-state index in [1.807, 2.05) is 6.07 Å². The SMILES string of the molecule is O=C(COc1ccc2c(c1)CCC2)NC[C@@H](c1cccs1)N1CCOCC1. The predicted octanol–water partition coefficient (Wildman–Crippen LogP) is 2.81. The molecule has 2 aliphatic rings. The average Bonchev–Trinajstić information content (AvgIpc) is 3.39. The van der Waals surface area contributed by atoms with Crippen molar-refractivity contribution in [2.24, 2.45) is 0 Å². The second kappa shape index (κ2) is 8.87. The molecule has 1 amide bonds. The first kappa shape index (κ1) is 18.5. The largest absolute Gasteiger partial charge is 0.484 e. The summed E-state index contributed by atoms with van der Waals surface area (Å²) in [6.45, 7) is 3.93. The van der Waals surface area contributed by atoms with Gasteiger partial charge in [-0.25, -0.2) is 0 Å². The van der Waals surface area contributed by atoms with Crippen molar-refractivity contribution in [3.05, 3.63) is 51.7 Å². The van der Waals surface area contributed by atoms with E-state index >= 15 is 0 Å². The number of morpholine rings is 1. The number of amides is 1. The van der Waals surface area contributed by atoms with Crippen LogP contribution in [0.3, 0.4) is 0 Å². The summed E-state index contributed by atoms with van der Waals surface area (Å²) in [5.41, 5.74) is 2.77. The standard InChI is InChI=1S/C21H26N2O3S/c24-21(15-26-18-7-6-16-3-1-4-17(16)13-18)22-14-19(20-5-2-12-27-20)23-8-10-25-11-9-23/h2,5-7,12-13,19H,1,3-4,8-11,14-15H2,(H,22,24)/t19-/m0/s1. The van der Waals surface area contributed by atoms with E-state index in [-0.39, 0.29) is 18.6 Å². The van der Waals surface area contributed by atoms with Crippen LogP contribution in [-0.2, 0) is 22.4 Å². The molecule has 27 heavy (non-hydrogen) atoms. The number of hydrogen-bond acceptors (Lipinski definition) is 5. The van der Waals surface area contributed by atoms with Gasteiger partial charge in [0.1, 0.15) is 5.75 Å². The van der Waals surface area contributed by atoms with Crippen molar-refractivity contribution < 1.29 is 14.3 Å². The van der Waals surface area contributed by atoms with E-state index in [4.69, 9.17) is 9.47 Å². The zero-order chi connectivity index (χ0) is 18.5. The number of rotatable bonds is 7. The molecule has 5 nitrogen and oxygen atoms in total. The molecule has 1 saturated heterocycles. The Hall–Kier alpha value is -1.89. The monoisotopic (exact) mass is 386 g/mol. The third-order valence-electron chi connectivity index (χ3n) is 5.29.